The van der Waals surface area contributed by atoms with Crippen molar-refractivity contribution in [1.29, 1.82) is 0 Å². The van der Waals surface area contributed by atoms with E-state index in [1.165, 1.54) is 0 Å². The van der Waals surface area contributed by atoms with Crippen LogP contribution in [0.5, 0.6) is 0 Å². The van der Waals surface area contributed by atoms with Crippen molar-refractivity contribution in [1.82, 2.24) is 9.78 Å². The van der Waals surface area contributed by atoms with Crippen LogP contribution in [-0.2, 0) is 7.05 Å². The van der Waals surface area contributed by atoms with Gasteiger partial charge >= 0.3 is 0 Å². The summed E-state index contributed by atoms with van der Waals surface area (Å²) in [5, 5.41) is 13.1. The maximum Gasteiger partial charge on any atom is 0.0940 e. The van der Waals surface area contributed by atoms with E-state index in [2.05, 4.69) is 21.0 Å². The molecule has 0 spiro atoms. The molecule has 0 radical (unpaired) electrons. The van der Waals surface area contributed by atoms with Crippen molar-refractivity contribution in [3.63, 3.8) is 0 Å². The molecule has 0 aromatic carbocycles. The van der Waals surface area contributed by atoms with Gasteiger partial charge in [0.15, 0.2) is 0 Å². The first kappa shape index (κ1) is 7.75. The number of halogens is 1. The Morgan fingerprint density at radius 1 is 1.80 bits per heavy atom. The van der Waals surface area contributed by atoms with Gasteiger partial charge in [-0.25, -0.2) is 0 Å². The first-order chi connectivity index (χ1) is 4.63. The maximum atomic E-state index is 9.18. The number of aliphatic hydroxyl groups is 1. The highest BCUT2D eigenvalue weighted by Crippen LogP contribution is 2.21. The Hall–Kier alpha value is -0.350. The lowest BCUT2D eigenvalue weighted by Gasteiger charge is -2.04. The molecule has 0 saturated heterocycles. The van der Waals surface area contributed by atoms with E-state index in [1.807, 2.05) is 0 Å². The fraction of sp³-hybridized carbons (Fsp3) is 0.500. The molecule has 0 fully saturated rings. The van der Waals surface area contributed by atoms with E-state index in [9.17, 15) is 5.11 Å². The van der Waals surface area contributed by atoms with Crippen LogP contribution in [0.2, 0.25) is 0 Å². The third kappa shape index (κ3) is 1.22. The fourth-order valence-corrected chi connectivity index (χ4v) is 1.57. The summed E-state index contributed by atoms with van der Waals surface area (Å²) in [6, 6.07) is 0. The molecule has 0 aliphatic heterocycles. The molecule has 1 atom stereocenters. The topological polar surface area (TPSA) is 38.1 Å². The highest BCUT2D eigenvalue weighted by atomic mass is 79.9. The predicted molar refractivity (Wildman–Crippen MR) is 41.5 cm³/mol. The zero-order valence-corrected chi connectivity index (χ0v) is 7.46. The van der Waals surface area contributed by atoms with E-state index in [0.29, 0.717) is 0 Å². The van der Waals surface area contributed by atoms with Gasteiger partial charge in [0.05, 0.1) is 22.5 Å². The van der Waals surface area contributed by atoms with Gasteiger partial charge < -0.3 is 5.11 Å². The molecular formula is C6H9BrN2O. The number of aliphatic hydroxyl groups excluding tert-OH is 1. The first-order valence-corrected chi connectivity index (χ1v) is 3.77. The summed E-state index contributed by atoms with van der Waals surface area (Å²) in [6.45, 7) is 1.71. The SMILES string of the molecule is CC(O)c1c(Br)cnn1C. The number of hydrogen-bond acceptors (Lipinski definition) is 2. The van der Waals surface area contributed by atoms with Crippen LogP contribution in [0.1, 0.15) is 18.7 Å². The number of hydrogen-bond donors (Lipinski definition) is 1. The van der Waals surface area contributed by atoms with E-state index in [-0.39, 0.29) is 0 Å². The molecule has 10 heavy (non-hydrogen) atoms. The molecule has 1 unspecified atom stereocenters. The Morgan fingerprint density at radius 3 is 2.60 bits per heavy atom. The van der Waals surface area contributed by atoms with Crippen LogP contribution in [0, 0.1) is 0 Å². The minimum atomic E-state index is -0.470. The molecule has 1 heterocycles. The van der Waals surface area contributed by atoms with Crippen molar-refractivity contribution in [2.75, 3.05) is 0 Å². The van der Waals surface area contributed by atoms with Crippen molar-refractivity contribution < 1.29 is 5.11 Å². The molecule has 0 bridgehead atoms. The van der Waals surface area contributed by atoms with Crippen LogP contribution < -0.4 is 0 Å². The van der Waals surface area contributed by atoms with Gasteiger partial charge in [-0.2, -0.15) is 5.10 Å². The molecule has 4 heteroatoms. The lowest BCUT2D eigenvalue weighted by atomic mass is 10.3. The van der Waals surface area contributed by atoms with Gasteiger partial charge in [0.25, 0.3) is 0 Å². The zero-order valence-electron chi connectivity index (χ0n) is 5.87. The van der Waals surface area contributed by atoms with E-state index in [4.69, 9.17) is 0 Å². The molecule has 3 nitrogen and oxygen atoms in total. The Morgan fingerprint density at radius 2 is 2.40 bits per heavy atom. The molecule has 1 N–H and O–H groups in total. The monoisotopic (exact) mass is 204 g/mol. The summed E-state index contributed by atoms with van der Waals surface area (Å²) >= 11 is 3.27. The Labute approximate surface area is 67.8 Å². The minimum absolute atomic E-state index is 0.470. The average molecular weight is 205 g/mol. The smallest absolute Gasteiger partial charge is 0.0940 e. The highest BCUT2D eigenvalue weighted by molar-refractivity contribution is 9.10. The van der Waals surface area contributed by atoms with Crippen molar-refractivity contribution in [3.05, 3.63) is 16.4 Å². The van der Waals surface area contributed by atoms with Crippen molar-refractivity contribution in [2.24, 2.45) is 7.05 Å². The quantitative estimate of drug-likeness (QED) is 0.748. The van der Waals surface area contributed by atoms with Crippen LogP contribution in [0.4, 0.5) is 0 Å². The van der Waals surface area contributed by atoms with Crippen LogP contribution >= 0.6 is 15.9 Å². The maximum absolute atomic E-state index is 9.18. The first-order valence-electron chi connectivity index (χ1n) is 2.98. The molecule has 1 rings (SSSR count). The summed E-state index contributed by atoms with van der Waals surface area (Å²) < 4.78 is 2.50. The Balaban J connectivity index is 3.10. The second-order valence-electron chi connectivity index (χ2n) is 2.18. The molecule has 1 aromatic rings. The van der Waals surface area contributed by atoms with Gasteiger partial charge in [-0.05, 0) is 22.9 Å². The third-order valence-corrected chi connectivity index (χ3v) is 1.94. The van der Waals surface area contributed by atoms with Crippen molar-refractivity contribution in [3.8, 4) is 0 Å². The fourth-order valence-electron chi connectivity index (χ4n) is 0.890. The Kier molecular flexibility index (Phi) is 2.11. The standard InChI is InChI=1S/C6H9BrN2O/c1-4(10)6-5(7)3-8-9(6)2/h3-4,10H,1-2H3. The van der Waals surface area contributed by atoms with Gasteiger partial charge in [0.1, 0.15) is 0 Å². The Bertz CT molecular complexity index is 212. The molecule has 0 aliphatic rings. The lowest BCUT2D eigenvalue weighted by Crippen LogP contribution is -2.01. The number of rotatable bonds is 1. The number of aryl methyl sites for hydroxylation is 1. The van der Waals surface area contributed by atoms with Gasteiger partial charge in [-0.1, -0.05) is 0 Å². The summed E-state index contributed by atoms with van der Waals surface area (Å²) in [7, 11) is 1.80. The normalized spacial score (nSPS) is 13.6. The second kappa shape index (κ2) is 2.72. The van der Waals surface area contributed by atoms with E-state index < -0.39 is 6.10 Å². The summed E-state index contributed by atoms with van der Waals surface area (Å²) in [4.78, 5) is 0. The summed E-state index contributed by atoms with van der Waals surface area (Å²) in [5.74, 6) is 0. The second-order valence-corrected chi connectivity index (χ2v) is 3.03. The van der Waals surface area contributed by atoms with Crippen LogP contribution in [0.25, 0.3) is 0 Å². The summed E-state index contributed by atoms with van der Waals surface area (Å²) in [6.07, 6.45) is 1.20. The molecule has 0 saturated carbocycles. The third-order valence-electron chi connectivity index (χ3n) is 1.33. The van der Waals surface area contributed by atoms with Gasteiger partial charge in [-0.15, -0.1) is 0 Å². The largest absolute Gasteiger partial charge is 0.387 e. The van der Waals surface area contributed by atoms with E-state index in [1.54, 1.807) is 24.9 Å². The van der Waals surface area contributed by atoms with Crippen LogP contribution in [-0.4, -0.2) is 14.9 Å². The average Bonchev–Trinajstić information content (AvgIpc) is 2.11. The van der Waals surface area contributed by atoms with E-state index >= 15 is 0 Å². The van der Waals surface area contributed by atoms with Gasteiger partial charge in [0, 0.05) is 7.05 Å². The van der Waals surface area contributed by atoms with Crippen LogP contribution in [0.3, 0.4) is 0 Å². The number of nitrogens with zero attached hydrogens (tertiary/aromatic N) is 2. The minimum Gasteiger partial charge on any atom is -0.387 e. The summed E-state index contributed by atoms with van der Waals surface area (Å²) in [5.41, 5.74) is 0.806. The molecule has 1 aromatic heterocycles. The lowest BCUT2D eigenvalue weighted by molar-refractivity contribution is 0.188. The highest BCUT2D eigenvalue weighted by Gasteiger charge is 2.09. The molecule has 0 aliphatic carbocycles. The predicted octanol–water partition coefficient (Wildman–Crippen LogP) is 1.24. The van der Waals surface area contributed by atoms with Crippen LogP contribution in [0.15, 0.2) is 10.7 Å². The van der Waals surface area contributed by atoms with Crippen molar-refractivity contribution in [2.45, 2.75) is 13.0 Å². The van der Waals surface area contributed by atoms with Gasteiger partial charge in [-0.3, -0.25) is 4.68 Å². The van der Waals surface area contributed by atoms with E-state index in [0.717, 1.165) is 10.2 Å². The zero-order chi connectivity index (χ0) is 7.72. The molecule has 0 amide bonds. The molecular weight excluding hydrogens is 196 g/mol. The van der Waals surface area contributed by atoms with Crippen molar-refractivity contribution >= 4 is 15.9 Å². The molecule has 56 valence electrons. The van der Waals surface area contributed by atoms with Gasteiger partial charge in [0.2, 0.25) is 0 Å². The number of aromatic nitrogens is 2.